The Bertz CT molecular complexity index is 1160. The Labute approximate surface area is 163 Å². The van der Waals surface area contributed by atoms with Crippen molar-refractivity contribution in [3.8, 4) is 11.5 Å². The number of benzene rings is 3. The summed E-state index contributed by atoms with van der Waals surface area (Å²) >= 11 is 12.2. The van der Waals surface area contributed by atoms with Crippen molar-refractivity contribution in [2.45, 2.75) is 0 Å². The second-order valence-electron chi connectivity index (χ2n) is 5.79. The van der Waals surface area contributed by atoms with Gasteiger partial charge in [0, 0.05) is 16.3 Å². The average Bonchev–Trinajstić information content (AvgIpc) is 3.07. The standard InChI is InChI=1S/C20H11Cl2FN2O2/c21-12-3-7-16(22)15(9-12)20-25-17-10-14(6-8-18(17)27-20)24-19(26)11-1-4-13(23)5-2-11/h1-10H,(H,24,26). The van der Waals surface area contributed by atoms with Gasteiger partial charge in [-0.3, -0.25) is 4.79 Å². The predicted molar refractivity (Wildman–Crippen MR) is 104 cm³/mol. The fourth-order valence-electron chi connectivity index (χ4n) is 2.59. The second kappa shape index (κ2) is 7.02. The van der Waals surface area contributed by atoms with Crippen LogP contribution < -0.4 is 5.32 Å². The van der Waals surface area contributed by atoms with Gasteiger partial charge in [0.1, 0.15) is 11.3 Å². The van der Waals surface area contributed by atoms with Crippen LogP contribution >= 0.6 is 23.2 Å². The maximum absolute atomic E-state index is 13.0. The van der Waals surface area contributed by atoms with E-state index >= 15 is 0 Å². The summed E-state index contributed by atoms with van der Waals surface area (Å²) in [6.07, 6.45) is 0. The number of rotatable bonds is 3. The molecule has 0 fully saturated rings. The van der Waals surface area contributed by atoms with E-state index in [2.05, 4.69) is 10.3 Å². The second-order valence-corrected chi connectivity index (χ2v) is 6.63. The number of aromatic nitrogens is 1. The molecular weight excluding hydrogens is 390 g/mol. The molecule has 4 aromatic rings. The minimum absolute atomic E-state index is 0.333. The SMILES string of the molecule is O=C(Nc1ccc2oc(-c3cc(Cl)ccc3Cl)nc2c1)c1ccc(F)cc1. The van der Waals surface area contributed by atoms with Gasteiger partial charge in [-0.05, 0) is 60.7 Å². The first-order valence-corrected chi connectivity index (χ1v) is 8.68. The number of hydrogen-bond donors (Lipinski definition) is 1. The number of fused-ring (bicyclic) bond motifs is 1. The van der Waals surface area contributed by atoms with E-state index in [0.717, 1.165) is 0 Å². The molecular formula is C20H11Cl2FN2O2. The van der Waals surface area contributed by atoms with Crippen LogP contribution in [0, 0.1) is 5.82 Å². The highest BCUT2D eigenvalue weighted by atomic mass is 35.5. The van der Waals surface area contributed by atoms with Crippen molar-refractivity contribution < 1.29 is 13.6 Å². The molecule has 0 bridgehead atoms. The summed E-state index contributed by atoms with van der Waals surface area (Å²) in [5.74, 6) is -0.418. The van der Waals surface area contributed by atoms with E-state index in [9.17, 15) is 9.18 Å². The Morgan fingerprint density at radius 2 is 1.78 bits per heavy atom. The lowest BCUT2D eigenvalue weighted by atomic mass is 10.2. The van der Waals surface area contributed by atoms with E-state index < -0.39 is 5.82 Å². The third kappa shape index (κ3) is 3.65. The molecule has 0 atom stereocenters. The lowest BCUT2D eigenvalue weighted by Crippen LogP contribution is -2.11. The largest absolute Gasteiger partial charge is 0.436 e. The summed E-state index contributed by atoms with van der Waals surface area (Å²) in [7, 11) is 0. The van der Waals surface area contributed by atoms with Crippen LogP contribution in [0.15, 0.2) is 65.1 Å². The first kappa shape index (κ1) is 17.5. The van der Waals surface area contributed by atoms with E-state index in [0.29, 0.717) is 43.9 Å². The monoisotopic (exact) mass is 400 g/mol. The smallest absolute Gasteiger partial charge is 0.255 e. The average molecular weight is 401 g/mol. The Morgan fingerprint density at radius 1 is 1.00 bits per heavy atom. The van der Waals surface area contributed by atoms with E-state index in [-0.39, 0.29) is 5.91 Å². The summed E-state index contributed by atoms with van der Waals surface area (Å²) in [5, 5.41) is 3.73. The number of hydrogen-bond acceptors (Lipinski definition) is 3. The molecule has 0 aliphatic rings. The van der Waals surface area contributed by atoms with Gasteiger partial charge < -0.3 is 9.73 Å². The van der Waals surface area contributed by atoms with Crippen LogP contribution in [0.5, 0.6) is 0 Å². The maximum atomic E-state index is 13.0. The molecule has 0 radical (unpaired) electrons. The molecule has 0 aliphatic carbocycles. The number of anilines is 1. The fraction of sp³-hybridized carbons (Fsp3) is 0. The van der Waals surface area contributed by atoms with Crippen LogP contribution in [0.2, 0.25) is 10.0 Å². The van der Waals surface area contributed by atoms with Crippen LogP contribution in [0.4, 0.5) is 10.1 Å². The number of amides is 1. The van der Waals surface area contributed by atoms with Gasteiger partial charge in [-0.25, -0.2) is 9.37 Å². The number of carbonyl (C=O) groups is 1. The van der Waals surface area contributed by atoms with E-state index in [1.165, 1.54) is 24.3 Å². The van der Waals surface area contributed by atoms with Crippen molar-refractivity contribution in [1.82, 2.24) is 4.98 Å². The zero-order valence-electron chi connectivity index (χ0n) is 13.7. The Hall–Kier alpha value is -2.89. The lowest BCUT2D eigenvalue weighted by molar-refractivity contribution is 0.102. The molecule has 3 aromatic carbocycles. The quantitative estimate of drug-likeness (QED) is 0.445. The summed E-state index contributed by atoms with van der Waals surface area (Å²) in [4.78, 5) is 16.7. The number of oxazole rings is 1. The van der Waals surface area contributed by atoms with Crippen molar-refractivity contribution in [2.24, 2.45) is 0 Å². The highest BCUT2D eigenvalue weighted by molar-refractivity contribution is 6.35. The van der Waals surface area contributed by atoms with Crippen molar-refractivity contribution in [1.29, 1.82) is 0 Å². The van der Waals surface area contributed by atoms with Crippen LogP contribution in [0.3, 0.4) is 0 Å². The molecule has 134 valence electrons. The summed E-state index contributed by atoms with van der Waals surface area (Å²) < 4.78 is 18.7. The van der Waals surface area contributed by atoms with Crippen LogP contribution in [-0.4, -0.2) is 10.9 Å². The molecule has 0 saturated heterocycles. The minimum Gasteiger partial charge on any atom is -0.436 e. The van der Waals surface area contributed by atoms with Crippen molar-refractivity contribution in [3.05, 3.63) is 82.1 Å². The highest BCUT2D eigenvalue weighted by Gasteiger charge is 2.13. The minimum atomic E-state index is -0.400. The predicted octanol–water partition coefficient (Wildman–Crippen LogP) is 6.19. The van der Waals surface area contributed by atoms with Crippen molar-refractivity contribution in [2.75, 3.05) is 5.32 Å². The molecule has 27 heavy (non-hydrogen) atoms. The number of nitrogens with one attached hydrogen (secondary N) is 1. The fourth-order valence-corrected chi connectivity index (χ4v) is 2.96. The van der Waals surface area contributed by atoms with Crippen LogP contribution in [0.25, 0.3) is 22.6 Å². The molecule has 0 aliphatic heterocycles. The zero-order valence-corrected chi connectivity index (χ0v) is 15.2. The van der Waals surface area contributed by atoms with Gasteiger partial charge in [-0.2, -0.15) is 0 Å². The molecule has 1 heterocycles. The number of carbonyl (C=O) groups excluding carboxylic acids is 1. The molecule has 4 nitrogen and oxygen atoms in total. The van der Waals surface area contributed by atoms with Gasteiger partial charge in [0.15, 0.2) is 5.58 Å². The molecule has 4 rings (SSSR count). The summed E-state index contributed by atoms with van der Waals surface area (Å²) in [6.45, 7) is 0. The van der Waals surface area contributed by atoms with Crippen LogP contribution in [-0.2, 0) is 0 Å². The van der Waals surface area contributed by atoms with Crippen molar-refractivity contribution in [3.63, 3.8) is 0 Å². The topological polar surface area (TPSA) is 55.1 Å². The van der Waals surface area contributed by atoms with Gasteiger partial charge in [-0.1, -0.05) is 23.2 Å². The molecule has 0 unspecified atom stereocenters. The molecule has 1 aromatic heterocycles. The van der Waals surface area contributed by atoms with Crippen LogP contribution in [0.1, 0.15) is 10.4 Å². The molecule has 1 N–H and O–H groups in total. The molecule has 1 amide bonds. The van der Waals surface area contributed by atoms with Crippen molar-refractivity contribution >= 4 is 45.9 Å². The highest BCUT2D eigenvalue weighted by Crippen LogP contribution is 2.32. The Balaban J connectivity index is 1.64. The third-order valence-corrected chi connectivity index (χ3v) is 4.48. The van der Waals surface area contributed by atoms with Gasteiger partial charge in [0.2, 0.25) is 5.89 Å². The number of nitrogens with zero attached hydrogens (tertiary/aromatic N) is 1. The van der Waals surface area contributed by atoms with Gasteiger partial charge in [-0.15, -0.1) is 0 Å². The molecule has 7 heteroatoms. The van der Waals surface area contributed by atoms with E-state index in [1.54, 1.807) is 36.4 Å². The molecule has 0 saturated carbocycles. The van der Waals surface area contributed by atoms with Gasteiger partial charge >= 0.3 is 0 Å². The third-order valence-electron chi connectivity index (χ3n) is 3.91. The Kier molecular flexibility index (Phi) is 4.56. The summed E-state index contributed by atoms with van der Waals surface area (Å²) in [5.41, 5.74) is 2.56. The molecule has 0 spiro atoms. The first-order valence-electron chi connectivity index (χ1n) is 7.92. The number of halogens is 3. The first-order chi connectivity index (χ1) is 13.0. The van der Waals surface area contributed by atoms with Gasteiger partial charge in [0.05, 0.1) is 10.6 Å². The Morgan fingerprint density at radius 3 is 2.56 bits per heavy atom. The zero-order chi connectivity index (χ0) is 19.0. The normalized spacial score (nSPS) is 10.9. The van der Waals surface area contributed by atoms with Gasteiger partial charge in [0.25, 0.3) is 5.91 Å². The van der Waals surface area contributed by atoms with E-state index in [1.807, 2.05) is 0 Å². The maximum Gasteiger partial charge on any atom is 0.255 e. The summed E-state index contributed by atoms with van der Waals surface area (Å²) in [6, 6.07) is 15.4. The lowest BCUT2D eigenvalue weighted by Gasteiger charge is -2.04. The van der Waals surface area contributed by atoms with E-state index in [4.69, 9.17) is 27.6 Å².